The van der Waals surface area contributed by atoms with Gasteiger partial charge < -0.3 is 18.9 Å². The van der Waals surface area contributed by atoms with Crippen LogP contribution in [0.4, 0.5) is 0 Å². The Labute approximate surface area is 154 Å². The molecule has 0 heterocycles. The van der Waals surface area contributed by atoms with E-state index in [1.165, 1.54) is 28.4 Å². The van der Waals surface area contributed by atoms with Crippen molar-refractivity contribution >= 4 is 17.5 Å². The Morgan fingerprint density at radius 3 is 1.73 bits per heavy atom. The number of carbonyl (C=O) groups is 2. The smallest absolute Gasteiger partial charge is 0.332 e. The van der Waals surface area contributed by atoms with Crippen LogP contribution in [-0.4, -0.2) is 40.4 Å². The summed E-state index contributed by atoms with van der Waals surface area (Å²) in [6.07, 6.45) is 0. The van der Waals surface area contributed by atoms with Crippen LogP contribution in [0, 0.1) is 5.41 Å². The minimum atomic E-state index is -1.68. The molecule has 0 aromatic heterocycles. The zero-order valence-corrected chi connectivity index (χ0v) is 16.6. The van der Waals surface area contributed by atoms with Crippen LogP contribution in [0.5, 0.6) is 11.5 Å². The first-order chi connectivity index (χ1) is 12.1. The zero-order valence-electron chi connectivity index (χ0n) is 16.6. The maximum Gasteiger partial charge on any atom is 0.332 e. The molecule has 0 radical (unpaired) electrons. The molecule has 6 nitrogen and oxygen atoms in total. The zero-order chi connectivity index (χ0) is 19.9. The van der Waals surface area contributed by atoms with Crippen molar-refractivity contribution in [1.29, 1.82) is 0 Å². The lowest BCUT2D eigenvalue weighted by Crippen LogP contribution is -2.48. The van der Waals surface area contributed by atoms with Crippen molar-refractivity contribution in [2.45, 2.75) is 33.1 Å². The molecule has 1 aliphatic rings. The van der Waals surface area contributed by atoms with Crippen LogP contribution >= 0.6 is 0 Å². The Hall–Kier alpha value is -2.50. The average Bonchev–Trinajstić information content (AvgIpc) is 2.88. The number of hydrogen-bond donors (Lipinski definition) is 0. The van der Waals surface area contributed by atoms with Gasteiger partial charge in [0.05, 0.1) is 28.4 Å². The molecule has 1 aromatic carbocycles. The second-order valence-corrected chi connectivity index (χ2v) is 7.24. The van der Waals surface area contributed by atoms with Gasteiger partial charge in [-0.25, -0.2) is 0 Å². The lowest BCUT2D eigenvalue weighted by molar-refractivity contribution is -0.160. The molecule has 0 spiro atoms. The standard InChI is InChI=1S/C20H26O6/c1-11-12-9-14(23-5)15(24-6)10-13(12)20(17(21)25-7,18(22)26-8)16(11)19(2,3)4/h9-10H,1-8H3. The summed E-state index contributed by atoms with van der Waals surface area (Å²) in [5.74, 6) is -0.421. The van der Waals surface area contributed by atoms with Gasteiger partial charge in [0.1, 0.15) is 0 Å². The molecular formula is C20H26O6. The van der Waals surface area contributed by atoms with Gasteiger partial charge in [0.15, 0.2) is 11.5 Å². The molecule has 0 atom stereocenters. The SMILES string of the molecule is COC(=O)C1(C(=O)OC)C(C(C)(C)C)=C(C)c2cc(OC)c(OC)cc21. The number of methoxy groups -OCH3 is 4. The van der Waals surface area contributed by atoms with Crippen LogP contribution in [0.3, 0.4) is 0 Å². The predicted molar refractivity (Wildman–Crippen MR) is 97.3 cm³/mol. The molecular weight excluding hydrogens is 336 g/mol. The lowest BCUT2D eigenvalue weighted by Gasteiger charge is -2.35. The maximum atomic E-state index is 13.0. The monoisotopic (exact) mass is 362 g/mol. The first-order valence-corrected chi connectivity index (χ1v) is 8.26. The summed E-state index contributed by atoms with van der Waals surface area (Å²) in [4.78, 5) is 26.1. The van der Waals surface area contributed by atoms with Crippen molar-refractivity contribution in [2.24, 2.45) is 5.41 Å². The number of esters is 2. The summed E-state index contributed by atoms with van der Waals surface area (Å²) in [6, 6.07) is 3.44. The molecule has 0 unspecified atom stereocenters. The van der Waals surface area contributed by atoms with Gasteiger partial charge in [-0.2, -0.15) is 0 Å². The number of benzene rings is 1. The van der Waals surface area contributed by atoms with Crippen LogP contribution in [0.15, 0.2) is 17.7 Å². The van der Waals surface area contributed by atoms with Crippen molar-refractivity contribution in [3.05, 3.63) is 28.8 Å². The van der Waals surface area contributed by atoms with Gasteiger partial charge in [0.25, 0.3) is 0 Å². The largest absolute Gasteiger partial charge is 0.493 e. The predicted octanol–water partition coefficient (Wildman–Crippen LogP) is 3.12. The minimum absolute atomic E-state index is 0.423. The molecule has 0 fully saturated rings. The van der Waals surface area contributed by atoms with E-state index in [2.05, 4.69) is 0 Å². The topological polar surface area (TPSA) is 71.1 Å². The van der Waals surface area contributed by atoms with E-state index in [0.717, 1.165) is 11.1 Å². The van der Waals surface area contributed by atoms with Crippen molar-refractivity contribution in [3.63, 3.8) is 0 Å². The van der Waals surface area contributed by atoms with E-state index in [9.17, 15) is 9.59 Å². The third kappa shape index (κ3) is 2.55. The second-order valence-electron chi connectivity index (χ2n) is 7.24. The molecule has 142 valence electrons. The molecule has 1 aromatic rings. The molecule has 0 amide bonds. The van der Waals surface area contributed by atoms with Gasteiger partial charge in [0, 0.05) is 0 Å². The summed E-state index contributed by atoms with van der Waals surface area (Å²) in [7, 11) is 5.57. The highest BCUT2D eigenvalue weighted by Crippen LogP contribution is 2.56. The molecule has 0 saturated heterocycles. The third-order valence-corrected chi connectivity index (χ3v) is 4.81. The Balaban J connectivity index is 3.02. The maximum absolute atomic E-state index is 13.0. The first kappa shape index (κ1) is 19.8. The molecule has 0 aliphatic heterocycles. The fourth-order valence-corrected chi connectivity index (χ4v) is 3.99. The van der Waals surface area contributed by atoms with Crippen LogP contribution in [0.25, 0.3) is 5.57 Å². The van der Waals surface area contributed by atoms with E-state index in [4.69, 9.17) is 18.9 Å². The highest BCUT2D eigenvalue weighted by molar-refractivity contribution is 6.15. The molecule has 26 heavy (non-hydrogen) atoms. The summed E-state index contributed by atoms with van der Waals surface area (Å²) in [5, 5.41) is 0. The van der Waals surface area contributed by atoms with Crippen molar-refractivity contribution in [3.8, 4) is 11.5 Å². The van der Waals surface area contributed by atoms with Crippen molar-refractivity contribution < 1.29 is 28.5 Å². The average molecular weight is 362 g/mol. The fourth-order valence-electron chi connectivity index (χ4n) is 3.99. The normalized spacial score (nSPS) is 15.4. The van der Waals surface area contributed by atoms with Crippen LogP contribution < -0.4 is 9.47 Å². The number of rotatable bonds is 4. The number of allylic oxidation sites excluding steroid dienone is 1. The van der Waals surface area contributed by atoms with E-state index in [1.54, 1.807) is 12.1 Å². The Kier molecular flexibility index (Phi) is 5.08. The van der Waals surface area contributed by atoms with Gasteiger partial charge in [-0.1, -0.05) is 20.8 Å². The second kappa shape index (κ2) is 6.67. The van der Waals surface area contributed by atoms with Crippen molar-refractivity contribution in [1.82, 2.24) is 0 Å². The number of carbonyl (C=O) groups excluding carboxylic acids is 2. The quantitative estimate of drug-likeness (QED) is 0.605. The summed E-state index contributed by atoms with van der Waals surface area (Å²) in [6.45, 7) is 7.74. The molecule has 2 rings (SSSR count). The lowest BCUT2D eigenvalue weighted by atomic mass is 9.67. The number of fused-ring (bicyclic) bond motifs is 1. The number of ether oxygens (including phenoxy) is 4. The summed E-state index contributed by atoms with van der Waals surface area (Å²) >= 11 is 0. The van der Waals surface area contributed by atoms with E-state index in [0.29, 0.717) is 22.6 Å². The minimum Gasteiger partial charge on any atom is -0.493 e. The van der Waals surface area contributed by atoms with Crippen molar-refractivity contribution in [2.75, 3.05) is 28.4 Å². The van der Waals surface area contributed by atoms with Gasteiger partial charge in [-0.05, 0) is 46.7 Å². The fraction of sp³-hybridized carbons (Fsp3) is 0.500. The van der Waals surface area contributed by atoms with Gasteiger partial charge in [0.2, 0.25) is 5.41 Å². The summed E-state index contributed by atoms with van der Waals surface area (Å²) in [5.41, 5.74) is 0.519. The highest BCUT2D eigenvalue weighted by Gasteiger charge is 2.61. The van der Waals surface area contributed by atoms with Gasteiger partial charge in [-0.15, -0.1) is 0 Å². The van der Waals surface area contributed by atoms with E-state index < -0.39 is 22.8 Å². The first-order valence-electron chi connectivity index (χ1n) is 8.26. The number of hydrogen-bond acceptors (Lipinski definition) is 6. The van der Waals surface area contributed by atoms with Crippen LogP contribution in [-0.2, 0) is 24.5 Å². The molecule has 0 N–H and O–H groups in total. The van der Waals surface area contributed by atoms with E-state index in [1.807, 2.05) is 27.7 Å². The van der Waals surface area contributed by atoms with E-state index >= 15 is 0 Å². The van der Waals surface area contributed by atoms with Gasteiger partial charge in [-0.3, -0.25) is 9.59 Å². The van der Waals surface area contributed by atoms with E-state index in [-0.39, 0.29) is 0 Å². The Morgan fingerprint density at radius 1 is 0.885 bits per heavy atom. The van der Waals surface area contributed by atoms with Crippen LogP contribution in [0.2, 0.25) is 0 Å². The van der Waals surface area contributed by atoms with Crippen LogP contribution in [0.1, 0.15) is 38.8 Å². The molecule has 0 saturated carbocycles. The van der Waals surface area contributed by atoms with Gasteiger partial charge >= 0.3 is 11.9 Å². The summed E-state index contributed by atoms with van der Waals surface area (Å²) < 4.78 is 20.9. The molecule has 6 heteroatoms. The third-order valence-electron chi connectivity index (χ3n) is 4.81. The molecule has 0 bridgehead atoms. The molecule has 1 aliphatic carbocycles. The Morgan fingerprint density at radius 2 is 1.35 bits per heavy atom. The highest BCUT2D eigenvalue weighted by atomic mass is 16.5. The Bertz CT molecular complexity index is 766.